The molecule has 5 rings (SSSR count). The van der Waals surface area contributed by atoms with E-state index >= 15 is 0 Å². The zero-order valence-electron chi connectivity index (χ0n) is 23.2. The van der Waals surface area contributed by atoms with Gasteiger partial charge < -0.3 is 5.11 Å². The van der Waals surface area contributed by atoms with Gasteiger partial charge in [0.05, 0.1) is 6.07 Å². The average molecular weight is 482 g/mol. The Labute approximate surface area is 212 Å². The van der Waals surface area contributed by atoms with Crippen molar-refractivity contribution >= 4 is 11.6 Å². The molecule has 4 nitrogen and oxygen atoms in total. The van der Waals surface area contributed by atoms with Crippen LogP contribution in [0.15, 0.2) is 0 Å². The number of fused-ring (bicyclic) bond motifs is 7. The Kier molecular flexibility index (Phi) is 5.40. The van der Waals surface area contributed by atoms with E-state index in [1.165, 1.54) is 0 Å². The maximum atomic E-state index is 14.3. The first kappa shape index (κ1) is 25.4. The van der Waals surface area contributed by atoms with Crippen LogP contribution >= 0.6 is 0 Å². The van der Waals surface area contributed by atoms with Crippen molar-refractivity contribution in [2.24, 2.45) is 62.1 Å². The van der Waals surface area contributed by atoms with Crippen LogP contribution in [-0.4, -0.2) is 23.3 Å². The Morgan fingerprint density at radius 1 is 0.886 bits per heavy atom. The lowest BCUT2D eigenvalue weighted by atomic mass is 9.31. The molecular formula is C31H47NO3. The molecule has 0 aromatic carbocycles. The summed E-state index contributed by atoms with van der Waals surface area (Å²) < 4.78 is 0. The highest BCUT2D eigenvalue weighted by Gasteiger charge is 2.72. The van der Waals surface area contributed by atoms with Gasteiger partial charge in [-0.15, -0.1) is 0 Å². The fraction of sp³-hybridized carbons (Fsp3) is 0.903. The SMILES string of the molecule is CC1(C)CC[C@]2(CO)CC[C@]3(C)C(C(=O)CC4[C@@]5(C)CC(C#N)C(=O)C(C)(C)C5CC[C@]43C)C2C1. The van der Waals surface area contributed by atoms with E-state index in [-0.39, 0.29) is 63.1 Å². The summed E-state index contributed by atoms with van der Waals surface area (Å²) in [5, 5.41) is 20.6. The van der Waals surface area contributed by atoms with Crippen LogP contribution in [0.5, 0.6) is 0 Å². The molecule has 0 saturated heterocycles. The van der Waals surface area contributed by atoms with Crippen LogP contribution in [0.2, 0.25) is 0 Å². The summed E-state index contributed by atoms with van der Waals surface area (Å²) in [6.07, 6.45) is 8.41. The van der Waals surface area contributed by atoms with Crippen molar-refractivity contribution in [2.75, 3.05) is 6.61 Å². The monoisotopic (exact) mass is 481 g/mol. The van der Waals surface area contributed by atoms with Crippen LogP contribution in [0.4, 0.5) is 0 Å². The van der Waals surface area contributed by atoms with Gasteiger partial charge in [-0.25, -0.2) is 0 Å². The van der Waals surface area contributed by atoms with Crippen molar-refractivity contribution in [3.8, 4) is 6.07 Å². The van der Waals surface area contributed by atoms with E-state index in [0.29, 0.717) is 18.6 Å². The molecule has 5 aliphatic rings. The Morgan fingerprint density at radius 3 is 2.17 bits per heavy atom. The first-order valence-electron chi connectivity index (χ1n) is 14.2. The summed E-state index contributed by atoms with van der Waals surface area (Å²) >= 11 is 0. The maximum Gasteiger partial charge on any atom is 0.155 e. The lowest BCUT2D eigenvalue weighted by molar-refractivity contribution is -0.238. The summed E-state index contributed by atoms with van der Waals surface area (Å²) in [4.78, 5) is 27.6. The second kappa shape index (κ2) is 7.43. The van der Waals surface area contributed by atoms with E-state index in [2.05, 4.69) is 54.5 Å². The molecule has 0 aliphatic heterocycles. The van der Waals surface area contributed by atoms with E-state index in [1.807, 2.05) is 0 Å². The molecule has 4 heteroatoms. The lowest BCUT2D eigenvalue weighted by Gasteiger charge is -2.72. The van der Waals surface area contributed by atoms with Gasteiger partial charge in [0.25, 0.3) is 0 Å². The molecular weight excluding hydrogens is 434 g/mol. The predicted octanol–water partition coefficient (Wildman–Crippen LogP) is 6.36. The number of Topliss-reactive ketones (excluding diaryl/α,β-unsaturated/α-hetero) is 2. The molecule has 9 atom stereocenters. The van der Waals surface area contributed by atoms with Crippen LogP contribution in [0.25, 0.3) is 0 Å². The number of aliphatic hydroxyl groups excluding tert-OH is 1. The van der Waals surface area contributed by atoms with Crippen LogP contribution < -0.4 is 0 Å². The first-order chi connectivity index (χ1) is 16.1. The molecule has 35 heavy (non-hydrogen) atoms. The van der Waals surface area contributed by atoms with Crippen LogP contribution in [-0.2, 0) is 9.59 Å². The second-order valence-corrected chi connectivity index (χ2v) is 15.6. The third-order valence-corrected chi connectivity index (χ3v) is 13.4. The molecule has 0 spiro atoms. The first-order valence-corrected chi connectivity index (χ1v) is 14.2. The molecule has 0 bridgehead atoms. The summed E-state index contributed by atoms with van der Waals surface area (Å²) in [6.45, 7) is 16.2. The number of nitrogens with zero attached hydrogens (tertiary/aromatic N) is 1. The normalized spacial score (nSPS) is 52.4. The second-order valence-electron chi connectivity index (χ2n) is 15.6. The molecule has 1 N–H and O–H groups in total. The fourth-order valence-corrected chi connectivity index (χ4v) is 11.2. The number of hydrogen-bond acceptors (Lipinski definition) is 4. The lowest BCUT2D eigenvalue weighted by Crippen LogP contribution is -2.69. The van der Waals surface area contributed by atoms with Crippen molar-refractivity contribution in [3.63, 3.8) is 0 Å². The molecule has 5 fully saturated rings. The maximum absolute atomic E-state index is 14.3. The predicted molar refractivity (Wildman–Crippen MR) is 136 cm³/mol. The van der Waals surface area contributed by atoms with Crippen molar-refractivity contribution in [1.29, 1.82) is 5.26 Å². The molecule has 0 aromatic rings. The van der Waals surface area contributed by atoms with Gasteiger partial charge >= 0.3 is 0 Å². The smallest absolute Gasteiger partial charge is 0.155 e. The Balaban J connectivity index is 1.60. The highest BCUT2D eigenvalue weighted by molar-refractivity contribution is 5.90. The molecule has 5 aliphatic carbocycles. The number of aliphatic hydroxyl groups is 1. The van der Waals surface area contributed by atoms with E-state index in [0.717, 1.165) is 44.9 Å². The minimum atomic E-state index is -0.568. The van der Waals surface area contributed by atoms with Gasteiger partial charge in [0.15, 0.2) is 5.78 Å². The number of carbonyl (C=O) groups excluding carboxylic acids is 2. The molecule has 0 heterocycles. The average Bonchev–Trinajstić information content (AvgIpc) is 2.77. The largest absolute Gasteiger partial charge is 0.396 e. The Bertz CT molecular complexity index is 992. The third kappa shape index (κ3) is 3.06. The Hall–Kier alpha value is -1.21. The van der Waals surface area contributed by atoms with Gasteiger partial charge in [0.2, 0.25) is 0 Å². The van der Waals surface area contributed by atoms with E-state index in [9.17, 15) is 20.0 Å². The molecule has 194 valence electrons. The minimum absolute atomic E-state index is 0.00347. The standard InChI is InChI=1S/C31H47NO3/c1-26(2)10-12-31(18-33)13-11-30(7)24(20(31)16-26)21(34)14-23-28(5)15-19(17-32)25(35)27(3,4)22(28)8-9-29(23,30)6/h19-20,22-24,33H,8-16,18H2,1-7H3/t19?,20?,22?,23?,24?,28-,29+,30+,31+/m0/s1. The number of carbonyl (C=O) groups is 2. The third-order valence-electron chi connectivity index (χ3n) is 13.4. The molecule has 5 unspecified atom stereocenters. The van der Waals surface area contributed by atoms with Crippen molar-refractivity contribution in [2.45, 2.75) is 106 Å². The van der Waals surface area contributed by atoms with Gasteiger partial charge in [0, 0.05) is 24.4 Å². The van der Waals surface area contributed by atoms with Gasteiger partial charge in [-0.3, -0.25) is 9.59 Å². The minimum Gasteiger partial charge on any atom is -0.396 e. The van der Waals surface area contributed by atoms with Gasteiger partial charge in [-0.2, -0.15) is 5.26 Å². The summed E-state index contributed by atoms with van der Waals surface area (Å²) in [5.41, 5.74) is -0.725. The molecule has 0 amide bonds. The van der Waals surface area contributed by atoms with E-state index < -0.39 is 11.3 Å². The summed E-state index contributed by atoms with van der Waals surface area (Å²) in [7, 11) is 0. The molecule has 0 radical (unpaired) electrons. The quantitative estimate of drug-likeness (QED) is 0.473. The zero-order valence-corrected chi connectivity index (χ0v) is 23.2. The highest BCUT2D eigenvalue weighted by Crippen LogP contribution is 2.76. The van der Waals surface area contributed by atoms with Crippen LogP contribution in [0, 0.1) is 73.4 Å². The van der Waals surface area contributed by atoms with Crippen molar-refractivity contribution in [1.82, 2.24) is 0 Å². The number of ketones is 2. The van der Waals surface area contributed by atoms with Gasteiger partial charge in [-0.1, -0.05) is 48.5 Å². The Morgan fingerprint density at radius 2 is 1.54 bits per heavy atom. The van der Waals surface area contributed by atoms with Crippen molar-refractivity contribution in [3.05, 3.63) is 0 Å². The zero-order chi connectivity index (χ0) is 25.8. The van der Waals surface area contributed by atoms with Gasteiger partial charge in [-0.05, 0) is 96.2 Å². The van der Waals surface area contributed by atoms with E-state index in [4.69, 9.17) is 0 Å². The van der Waals surface area contributed by atoms with Crippen LogP contribution in [0.1, 0.15) is 106 Å². The number of hydrogen-bond donors (Lipinski definition) is 1. The molecule has 0 aromatic heterocycles. The summed E-state index contributed by atoms with van der Waals surface area (Å²) in [6, 6.07) is 2.35. The molecule has 5 saturated carbocycles. The fourth-order valence-electron chi connectivity index (χ4n) is 11.2. The van der Waals surface area contributed by atoms with E-state index in [1.54, 1.807) is 0 Å². The topological polar surface area (TPSA) is 78.2 Å². The highest BCUT2D eigenvalue weighted by atomic mass is 16.3. The number of rotatable bonds is 1. The van der Waals surface area contributed by atoms with Crippen molar-refractivity contribution < 1.29 is 14.7 Å². The van der Waals surface area contributed by atoms with Crippen LogP contribution in [0.3, 0.4) is 0 Å². The van der Waals surface area contributed by atoms with Gasteiger partial charge in [0.1, 0.15) is 11.7 Å². The summed E-state index contributed by atoms with van der Waals surface area (Å²) in [5.74, 6) is 0.612. The number of nitriles is 1.